The molecule has 0 saturated heterocycles. The van der Waals surface area contributed by atoms with Crippen molar-refractivity contribution in [1.29, 1.82) is 0 Å². The van der Waals surface area contributed by atoms with Crippen LogP contribution >= 0.6 is 0 Å². The second kappa shape index (κ2) is 8.46. The van der Waals surface area contributed by atoms with Crippen LogP contribution < -0.4 is 5.56 Å². The Morgan fingerprint density at radius 1 is 1.13 bits per heavy atom. The maximum atomic E-state index is 13.0. The van der Waals surface area contributed by atoms with Gasteiger partial charge in [-0.1, -0.05) is 30.3 Å². The van der Waals surface area contributed by atoms with E-state index in [1.54, 1.807) is 12.1 Å². The Labute approximate surface area is 172 Å². The summed E-state index contributed by atoms with van der Waals surface area (Å²) in [5.74, 6) is 0.116. The van der Waals surface area contributed by atoms with E-state index in [9.17, 15) is 9.90 Å². The zero-order chi connectivity index (χ0) is 21.1. The molecular formula is C22H23N5O3. The standard InChI is InChI=1S/C22H23N5O3/c1-3-30-13-7-12-27-21(29)15-9-4-5-11-17(15)23-22(27)26-25-19-16-10-6-8-14(2)18(16)24-20(19)28/h4-6,8-11,24,28H,3,7,12-13H2,1-2H3. The molecule has 0 amide bonds. The predicted molar refractivity (Wildman–Crippen MR) is 116 cm³/mol. The molecule has 2 aromatic carbocycles. The first kappa shape index (κ1) is 19.8. The molecule has 0 aliphatic carbocycles. The summed E-state index contributed by atoms with van der Waals surface area (Å²) in [6.45, 7) is 5.44. The lowest BCUT2D eigenvalue weighted by Gasteiger charge is -2.10. The van der Waals surface area contributed by atoms with E-state index < -0.39 is 0 Å². The SMILES string of the molecule is CCOCCCn1c(N=Nc2c(O)[nH]c3c(C)cccc23)nc2ccccc2c1=O. The molecule has 0 spiro atoms. The Hall–Kier alpha value is -3.52. The number of aromatic amines is 1. The molecule has 0 aliphatic rings. The third-order valence-corrected chi connectivity index (χ3v) is 4.95. The highest BCUT2D eigenvalue weighted by atomic mass is 16.5. The van der Waals surface area contributed by atoms with Crippen LogP contribution in [0.2, 0.25) is 0 Å². The highest BCUT2D eigenvalue weighted by Gasteiger charge is 2.14. The second-order valence-corrected chi connectivity index (χ2v) is 6.96. The van der Waals surface area contributed by atoms with Crippen molar-refractivity contribution in [2.24, 2.45) is 10.2 Å². The first-order valence-corrected chi connectivity index (χ1v) is 9.89. The molecule has 2 N–H and O–H groups in total. The molecular weight excluding hydrogens is 382 g/mol. The Bertz CT molecular complexity index is 1290. The monoisotopic (exact) mass is 405 g/mol. The first-order valence-electron chi connectivity index (χ1n) is 9.89. The Balaban J connectivity index is 1.79. The number of nitrogens with zero attached hydrogens (tertiary/aromatic N) is 4. The third kappa shape index (κ3) is 3.69. The van der Waals surface area contributed by atoms with Crippen LogP contribution in [0.3, 0.4) is 0 Å². The van der Waals surface area contributed by atoms with Gasteiger partial charge in [0.15, 0.2) is 5.69 Å². The molecule has 2 aromatic heterocycles. The lowest BCUT2D eigenvalue weighted by Crippen LogP contribution is -2.22. The molecule has 0 bridgehead atoms. The number of azo groups is 1. The van der Waals surface area contributed by atoms with E-state index in [0.717, 1.165) is 16.5 Å². The average molecular weight is 405 g/mol. The lowest BCUT2D eigenvalue weighted by molar-refractivity contribution is 0.141. The van der Waals surface area contributed by atoms with Gasteiger partial charge in [0.2, 0.25) is 5.88 Å². The Morgan fingerprint density at radius 2 is 1.93 bits per heavy atom. The molecule has 0 saturated carbocycles. The number of H-pyrrole nitrogens is 1. The van der Waals surface area contributed by atoms with Gasteiger partial charge in [-0.25, -0.2) is 4.98 Å². The van der Waals surface area contributed by atoms with Crippen LogP contribution in [0.5, 0.6) is 5.88 Å². The molecule has 4 rings (SSSR count). The fourth-order valence-electron chi connectivity index (χ4n) is 3.44. The number of aromatic hydroxyl groups is 1. The second-order valence-electron chi connectivity index (χ2n) is 6.96. The van der Waals surface area contributed by atoms with Gasteiger partial charge in [0, 0.05) is 25.1 Å². The van der Waals surface area contributed by atoms with Gasteiger partial charge in [0.05, 0.1) is 16.4 Å². The van der Waals surface area contributed by atoms with Crippen molar-refractivity contribution >= 4 is 33.4 Å². The summed E-state index contributed by atoms with van der Waals surface area (Å²) in [7, 11) is 0. The van der Waals surface area contributed by atoms with Crippen LogP contribution in [-0.2, 0) is 11.3 Å². The zero-order valence-electron chi connectivity index (χ0n) is 16.9. The van der Waals surface area contributed by atoms with Gasteiger partial charge in [-0.05, 0) is 38.0 Å². The molecule has 0 unspecified atom stereocenters. The minimum atomic E-state index is -0.176. The fraction of sp³-hybridized carbons (Fsp3) is 0.273. The Kier molecular flexibility index (Phi) is 5.58. The number of nitrogens with one attached hydrogen (secondary N) is 1. The van der Waals surface area contributed by atoms with E-state index in [2.05, 4.69) is 20.2 Å². The molecule has 8 nitrogen and oxygen atoms in total. The number of hydrogen-bond acceptors (Lipinski definition) is 6. The quantitative estimate of drug-likeness (QED) is 0.342. The molecule has 0 aliphatic heterocycles. The Morgan fingerprint density at radius 3 is 2.77 bits per heavy atom. The van der Waals surface area contributed by atoms with Crippen molar-refractivity contribution in [2.75, 3.05) is 13.2 Å². The van der Waals surface area contributed by atoms with Crippen LogP contribution in [0, 0.1) is 6.92 Å². The summed E-state index contributed by atoms with van der Waals surface area (Å²) in [5.41, 5.74) is 2.48. The number of benzene rings is 2. The minimum Gasteiger partial charge on any atom is -0.493 e. The number of hydrogen-bond donors (Lipinski definition) is 2. The van der Waals surface area contributed by atoms with Crippen molar-refractivity contribution in [3.05, 3.63) is 58.4 Å². The number of aromatic nitrogens is 3. The highest BCUT2D eigenvalue weighted by molar-refractivity contribution is 5.95. The van der Waals surface area contributed by atoms with E-state index in [1.165, 1.54) is 4.57 Å². The molecule has 2 heterocycles. The molecule has 0 radical (unpaired) electrons. The first-order chi connectivity index (χ1) is 14.6. The summed E-state index contributed by atoms with van der Waals surface area (Å²) >= 11 is 0. The van der Waals surface area contributed by atoms with Crippen LogP contribution in [-0.4, -0.2) is 32.9 Å². The maximum absolute atomic E-state index is 13.0. The summed E-state index contributed by atoms with van der Waals surface area (Å²) in [4.78, 5) is 20.5. The molecule has 30 heavy (non-hydrogen) atoms. The summed E-state index contributed by atoms with van der Waals surface area (Å²) in [6, 6.07) is 12.8. The van der Waals surface area contributed by atoms with Gasteiger partial charge < -0.3 is 14.8 Å². The third-order valence-electron chi connectivity index (χ3n) is 4.95. The van der Waals surface area contributed by atoms with E-state index in [-0.39, 0.29) is 17.4 Å². The van der Waals surface area contributed by atoms with Crippen molar-refractivity contribution in [1.82, 2.24) is 14.5 Å². The highest BCUT2D eigenvalue weighted by Crippen LogP contribution is 2.37. The number of fused-ring (bicyclic) bond motifs is 2. The van der Waals surface area contributed by atoms with Gasteiger partial charge in [0.1, 0.15) is 0 Å². The number of aryl methyl sites for hydroxylation is 1. The zero-order valence-corrected chi connectivity index (χ0v) is 16.9. The van der Waals surface area contributed by atoms with Gasteiger partial charge >= 0.3 is 0 Å². The van der Waals surface area contributed by atoms with E-state index >= 15 is 0 Å². The van der Waals surface area contributed by atoms with E-state index in [4.69, 9.17) is 4.74 Å². The van der Waals surface area contributed by atoms with Crippen LogP contribution in [0.4, 0.5) is 11.6 Å². The summed E-state index contributed by atoms with van der Waals surface area (Å²) in [5, 5.41) is 20.1. The molecule has 0 atom stereocenters. The predicted octanol–water partition coefficient (Wildman–Crippen LogP) is 4.73. The maximum Gasteiger partial charge on any atom is 0.262 e. The number of ether oxygens (including phenoxy) is 1. The number of rotatable bonds is 7. The smallest absolute Gasteiger partial charge is 0.262 e. The summed E-state index contributed by atoms with van der Waals surface area (Å²) < 4.78 is 6.89. The van der Waals surface area contributed by atoms with Crippen molar-refractivity contribution in [3.8, 4) is 5.88 Å². The average Bonchev–Trinajstić information content (AvgIpc) is 3.08. The fourth-order valence-corrected chi connectivity index (χ4v) is 3.44. The van der Waals surface area contributed by atoms with Crippen LogP contribution in [0.25, 0.3) is 21.8 Å². The number of para-hydroxylation sites is 2. The van der Waals surface area contributed by atoms with Crippen molar-refractivity contribution in [2.45, 2.75) is 26.8 Å². The van der Waals surface area contributed by atoms with Crippen molar-refractivity contribution < 1.29 is 9.84 Å². The lowest BCUT2D eigenvalue weighted by atomic mass is 10.1. The van der Waals surface area contributed by atoms with Gasteiger partial charge in [0.25, 0.3) is 11.5 Å². The van der Waals surface area contributed by atoms with Crippen molar-refractivity contribution in [3.63, 3.8) is 0 Å². The van der Waals surface area contributed by atoms with Gasteiger partial charge in [-0.3, -0.25) is 9.36 Å². The van der Waals surface area contributed by atoms with E-state index in [0.29, 0.717) is 42.8 Å². The normalized spacial score (nSPS) is 11.8. The molecule has 0 fully saturated rings. The summed E-state index contributed by atoms with van der Waals surface area (Å²) in [6.07, 6.45) is 0.647. The topological polar surface area (TPSA) is 105 Å². The van der Waals surface area contributed by atoms with Gasteiger partial charge in [-0.15, -0.1) is 10.2 Å². The molecule has 4 aromatic rings. The largest absolute Gasteiger partial charge is 0.493 e. The van der Waals surface area contributed by atoms with E-state index in [1.807, 2.05) is 44.2 Å². The minimum absolute atomic E-state index is 0.0749. The van der Waals surface area contributed by atoms with Crippen LogP contribution in [0.15, 0.2) is 57.5 Å². The molecule has 8 heteroatoms. The van der Waals surface area contributed by atoms with Crippen LogP contribution in [0.1, 0.15) is 18.9 Å². The van der Waals surface area contributed by atoms with Gasteiger partial charge in [-0.2, -0.15) is 0 Å². The molecule has 154 valence electrons.